The largest absolute Gasteiger partial charge is 0.396 e. The van der Waals surface area contributed by atoms with Crippen LogP contribution in [-0.2, 0) is 4.74 Å². The van der Waals surface area contributed by atoms with Gasteiger partial charge >= 0.3 is 6.03 Å². The minimum Gasteiger partial charge on any atom is -0.396 e. The van der Waals surface area contributed by atoms with Crippen molar-refractivity contribution in [2.75, 3.05) is 20.3 Å². The molecule has 19 heavy (non-hydrogen) atoms. The molecule has 0 aromatic rings. The fourth-order valence-electron chi connectivity index (χ4n) is 2.62. The van der Waals surface area contributed by atoms with Crippen LogP contribution in [0, 0.1) is 11.8 Å². The highest BCUT2D eigenvalue weighted by atomic mass is 16.5. The molecule has 5 nitrogen and oxygen atoms in total. The summed E-state index contributed by atoms with van der Waals surface area (Å²) in [6.45, 7) is 4.79. The minimum absolute atomic E-state index is 0.0331. The molecule has 0 aliphatic heterocycles. The summed E-state index contributed by atoms with van der Waals surface area (Å²) in [5, 5.41) is 15.1. The van der Waals surface area contributed by atoms with Crippen molar-refractivity contribution in [1.82, 2.24) is 10.6 Å². The van der Waals surface area contributed by atoms with Crippen LogP contribution in [0.5, 0.6) is 0 Å². The summed E-state index contributed by atoms with van der Waals surface area (Å²) < 4.78 is 5.31. The first-order chi connectivity index (χ1) is 9.08. The van der Waals surface area contributed by atoms with Crippen LogP contribution < -0.4 is 10.6 Å². The van der Waals surface area contributed by atoms with Crippen molar-refractivity contribution < 1.29 is 14.6 Å². The third-order valence-electron chi connectivity index (χ3n) is 3.97. The Morgan fingerprint density at radius 1 is 1.37 bits per heavy atom. The highest BCUT2D eigenvalue weighted by molar-refractivity contribution is 5.74. The second kappa shape index (κ2) is 8.38. The summed E-state index contributed by atoms with van der Waals surface area (Å²) in [7, 11) is 1.66. The fraction of sp³-hybridized carbons (Fsp3) is 0.929. The van der Waals surface area contributed by atoms with Gasteiger partial charge in [0.15, 0.2) is 0 Å². The molecule has 5 heteroatoms. The topological polar surface area (TPSA) is 70.6 Å². The van der Waals surface area contributed by atoms with Crippen molar-refractivity contribution in [3.63, 3.8) is 0 Å². The van der Waals surface area contributed by atoms with Gasteiger partial charge in [0.1, 0.15) is 0 Å². The van der Waals surface area contributed by atoms with Gasteiger partial charge in [-0.25, -0.2) is 4.79 Å². The molecule has 112 valence electrons. The Hall–Kier alpha value is -0.810. The third-order valence-corrected chi connectivity index (χ3v) is 3.97. The van der Waals surface area contributed by atoms with E-state index in [0.717, 1.165) is 25.7 Å². The lowest BCUT2D eigenvalue weighted by Gasteiger charge is -2.31. The van der Waals surface area contributed by atoms with Crippen LogP contribution in [0.1, 0.15) is 39.5 Å². The van der Waals surface area contributed by atoms with Crippen molar-refractivity contribution in [2.45, 2.75) is 51.7 Å². The van der Waals surface area contributed by atoms with Crippen LogP contribution in [0.4, 0.5) is 4.79 Å². The van der Waals surface area contributed by atoms with Crippen molar-refractivity contribution in [2.24, 2.45) is 11.8 Å². The van der Waals surface area contributed by atoms with Crippen molar-refractivity contribution in [1.29, 1.82) is 0 Å². The lowest BCUT2D eigenvalue weighted by atomic mass is 9.85. The standard InChI is InChI=1S/C14H28N2O3/c1-10(2)13(19-3)8-15-14(18)16-12-7-5-4-6-11(12)9-17/h10-13,17H,4-9H2,1-3H3,(H2,15,16,18)/t11-,12+,13+/m0/s1. The van der Waals surface area contributed by atoms with E-state index in [9.17, 15) is 9.90 Å². The van der Waals surface area contributed by atoms with E-state index in [1.807, 2.05) is 0 Å². The van der Waals surface area contributed by atoms with E-state index in [1.54, 1.807) is 7.11 Å². The molecule has 1 saturated carbocycles. The molecular weight excluding hydrogens is 244 g/mol. The first-order valence-corrected chi connectivity index (χ1v) is 7.26. The summed E-state index contributed by atoms with van der Waals surface area (Å²) in [6, 6.07) is -0.0631. The number of hydrogen-bond acceptors (Lipinski definition) is 3. The van der Waals surface area contributed by atoms with Gasteiger partial charge < -0.3 is 20.5 Å². The Labute approximate surface area is 116 Å². The number of rotatable bonds is 6. The van der Waals surface area contributed by atoms with Crippen molar-refractivity contribution >= 4 is 6.03 Å². The predicted octanol–water partition coefficient (Wildman–Crippen LogP) is 1.51. The zero-order valence-corrected chi connectivity index (χ0v) is 12.3. The van der Waals surface area contributed by atoms with Gasteiger partial charge in [-0.2, -0.15) is 0 Å². The van der Waals surface area contributed by atoms with Crippen LogP contribution in [0.25, 0.3) is 0 Å². The summed E-state index contributed by atoms with van der Waals surface area (Å²) in [5.74, 6) is 0.563. The molecule has 0 bridgehead atoms. The van der Waals surface area contributed by atoms with Gasteiger partial charge in [0.25, 0.3) is 0 Å². The first kappa shape index (κ1) is 16.2. The Kier molecular flexibility index (Phi) is 7.16. The Balaban J connectivity index is 2.33. The van der Waals surface area contributed by atoms with E-state index >= 15 is 0 Å². The van der Waals surface area contributed by atoms with Gasteiger partial charge in [0.05, 0.1) is 6.10 Å². The maximum atomic E-state index is 11.9. The third kappa shape index (κ3) is 5.37. The molecule has 0 spiro atoms. The van der Waals surface area contributed by atoms with Crippen LogP contribution >= 0.6 is 0 Å². The van der Waals surface area contributed by atoms with Gasteiger partial charge in [0.2, 0.25) is 0 Å². The molecule has 0 aromatic carbocycles. The number of amides is 2. The molecule has 2 amide bonds. The molecular formula is C14H28N2O3. The molecule has 1 rings (SSSR count). The van der Waals surface area contributed by atoms with Crippen molar-refractivity contribution in [3.8, 4) is 0 Å². The molecule has 1 aliphatic carbocycles. The summed E-state index contributed by atoms with van der Waals surface area (Å²) in [5.41, 5.74) is 0. The monoisotopic (exact) mass is 272 g/mol. The van der Waals surface area contributed by atoms with E-state index in [0.29, 0.717) is 12.5 Å². The smallest absolute Gasteiger partial charge is 0.315 e. The fourth-order valence-corrected chi connectivity index (χ4v) is 2.62. The quantitative estimate of drug-likeness (QED) is 0.686. The van der Waals surface area contributed by atoms with E-state index in [2.05, 4.69) is 24.5 Å². The minimum atomic E-state index is -0.159. The molecule has 0 heterocycles. The lowest BCUT2D eigenvalue weighted by Crippen LogP contribution is -2.49. The van der Waals surface area contributed by atoms with Crippen LogP contribution in [0.2, 0.25) is 0 Å². The zero-order valence-electron chi connectivity index (χ0n) is 12.3. The van der Waals surface area contributed by atoms with Crippen LogP contribution in [0.15, 0.2) is 0 Å². The van der Waals surface area contributed by atoms with Gasteiger partial charge in [-0.1, -0.05) is 26.7 Å². The first-order valence-electron chi connectivity index (χ1n) is 7.26. The molecule has 0 aromatic heterocycles. The summed E-state index contributed by atoms with van der Waals surface area (Å²) >= 11 is 0. The van der Waals surface area contributed by atoms with Crippen LogP contribution in [-0.4, -0.2) is 43.5 Å². The zero-order chi connectivity index (χ0) is 14.3. The van der Waals surface area contributed by atoms with E-state index < -0.39 is 0 Å². The van der Waals surface area contributed by atoms with Crippen molar-refractivity contribution in [3.05, 3.63) is 0 Å². The number of carbonyl (C=O) groups excluding carboxylic acids is 1. The van der Waals surface area contributed by atoms with E-state index in [4.69, 9.17) is 4.74 Å². The van der Waals surface area contributed by atoms with E-state index in [-0.39, 0.29) is 30.7 Å². The number of aliphatic hydroxyl groups is 1. The highest BCUT2D eigenvalue weighted by Gasteiger charge is 2.26. The molecule has 0 radical (unpaired) electrons. The number of carbonyl (C=O) groups is 1. The molecule has 1 aliphatic rings. The normalized spacial score (nSPS) is 25.1. The predicted molar refractivity (Wildman–Crippen MR) is 75.0 cm³/mol. The number of ether oxygens (including phenoxy) is 1. The van der Waals surface area contributed by atoms with E-state index in [1.165, 1.54) is 0 Å². The van der Waals surface area contributed by atoms with Gasteiger partial charge in [-0.05, 0) is 18.8 Å². The molecule has 0 unspecified atom stereocenters. The maximum absolute atomic E-state index is 11.9. The maximum Gasteiger partial charge on any atom is 0.315 e. The number of aliphatic hydroxyl groups excluding tert-OH is 1. The number of hydrogen-bond donors (Lipinski definition) is 3. The van der Waals surface area contributed by atoms with Gasteiger partial charge in [-0.15, -0.1) is 0 Å². The summed E-state index contributed by atoms with van der Waals surface area (Å²) in [6.07, 6.45) is 4.24. The Morgan fingerprint density at radius 2 is 2.05 bits per heavy atom. The average molecular weight is 272 g/mol. The average Bonchev–Trinajstić information content (AvgIpc) is 2.39. The van der Waals surface area contributed by atoms with Crippen LogP contribution in [0.3, 0.4) is 0 Å². The number of urea groups is 1. The molecule has 3 N–H and O–H groups in total. The second-order valence-electron chi connectivity index (χ2n) is 5.71. The Morgan fingerprint density at radius 3 is 2.63 bits per heavy atom. The van der Waals surface area contributed by atoms with Gasteiger partial charge in [0, 0.05) is 32.2 Å². The van der Waals surface area contributed by atoms with Gasteiger partial charge in [-0.3, -0.25) is 0 Å². The molecule has 0 saturated heterocycles. The SMILES string of the molecule is CO[C@H](CNC(=O)N[C@@H]1CCCC[C@H]1CO)C(C)C. The molecule has 3 atom stereocenters. The molecule has 1 fully saturated rings. The Bertz CT molecular complexity index is 271. The second-order valence-corrected chi connectivity index (χ2v) is 5.71. The number of methoxy groups -OCH3 is 1. The number of nitrogens with one attached hydrogen (secondary N) is 2. The lowest BCUT2D eigenvalue weighted by molar-refractivity contribution is 0.0662. The summed E-state index contributed by atoms with van der Waals surface area (Å²) in [4.78, 5) is 11.9. The highest BCUT2D eigenvalue weighted by Crippen LogP contribution is 2.23.